The van der Waals surface area contributed by atoms with Crippen LogP contribution in [0.25, 0.3) is 0 Å². The smallest absolute Gasteiger partial charge is 0.387 e. The summed E-state index contributed by atoms with van der Waals surface area (Å²) >= 11 is 0. The van der Waals surface area contributed by atoms with Gasteiger partial charge in [0.1, 0.15) is 0 Å². The van der Waals surface area contributed by atoms with Crippen molar-refractivity contribution in [2.45, 2.75) is 96.5 Å². The SMILES string of the molecule is CCC=CCC1CCC(CCC2CCC(c3cc(F)c(OC(F)F)c(F)c3)CC2)CC1. The molecular formula is C26H36F4O. The molecule has 5 heteroatoms. The molecule has 2 saturated carbocycles. The summed E-state index contributed by atoms with van der Waals surface area (Å²) in [5.74, 6) is -0.563. The molecule has 2 fully saturated rings. The Kier molecular flexibility index (Phi) is 9.28. The predicted molar refractivity (Wildman–Crippen MR) is 116 cm³/mol. The lowest BCUT2D eigenvalue weighted by molar-refractivity contribution is -0.0546. The Labute approximate surface area is 184 Å². The fraction of sp³-hybridized carbons (Fsp3) is 0.692. The Hall–Kier alpha value is -1.52. The Morgan fingerprint density at radius 2 is 1.35 bits per heavy atom. The number of rotatable bonds is 9. The van der Waals surface area contributed by atoms with Gasteiger partial charge in [-0.15, -0.1) is 0 Å². The molecule has 1 aromatic rings. The van der Waals surface area contributed by atoms with E-state index in [2.05, 4.69) is 23.8 Å². The maximum Gasteiger partial charge on any atom is 0.387 e. The average molecular weight is 441 g/mol. The van der Waals surface area contributed by atoms with Gasteiger partial charge in [-0.3, -0.25) is 0 Å². The van der Waals surface area contributed by atoms with Gasteiger partial charge in [0.25, 0.3) is 0 Å². The minimum atomic E-state index is -3.24. The standard InChI is InChI=1S/C26H36F4O/c1-2-3-4-5-18-6-8-19(9-7-18)10-11-20-12-14-21(15-13-20)22-16-23(27)25(24(28)17-22)31-26(29)30/h3-4,16-21,26H,2,5-15H2,1H3. The highest BCUT2D eigenvalue weighted by Gasteiger charge is 2.27. The van der Waals surface area contributed by atoms with Gasteiger partial charge in [0.05, 0.1) is 0 Å². The van der Waals surface area contributed by atoms with E-state index in [9.17, 15) is 17.6 Å². The predicted octanol–water partition coefficient (Wildman–Crippen LogP) is 8.78. The van der Waals surface area contributed by atoms with Crippen molar-refractivity contribution in [2.75, 3.05) is 0 Å². The lowest BCUT2D eigenvalue weighted by Gasteiger charge is -2.32. The van der Waals surface area contributed by atoms with Crippen LogP contribution in [-0.2, 0) is 0 Å². The summed E-state index contributed by atoms with van der Waals surface area (Å²) in [6, 6.07) is 2.33. The summed E-state index contributed by atoms with van der Waals surface area (Å²) in [7, 11) is 0. The van der Waals surface area contributed by atoms with Gasteiger partial charge in [0, 0.05) is 0 Å². The molecule has 0 spiro atoms. The molecular weight excluding hydrogens is 404 g/mol. The topological polar surface area (TPSA) is 9.23 Å². The Bertz CT molecular complexity index is 678. The molecule has 0 aromatic heterocycles. The highest BCUT2D eigenvalue weighted by Crippen LogP contribution is 2.41. The third-order valence-electron chi connectivity index (χ3n) is 7.37. The van der Waals surface area contributed by atoms with Gasteiger partial charge in [-0.05, 0) is 92.7 Å². The third-order valence-corrected chi connectivity index (χ3v) is 7.37. The highest BCUT2D eigenvalue weighted by molar-refractivity contribution is 5.33. The minimum absolute atomic E-state index is 0.0902. The summed E-state index contributed by atoms with van der Waals surface area (Å²) in [6.07, 6.45) is 18.9. The largest absolute Gasteiger partial charge is 0.429 e. The first-order valence-electron chi connectivity index (χ1n) is 12.0. The zero-order valence-corrected chi connectivity index (χ0v) is 18.6. The van der Waals surface area contributed by atoms with Crippen LogP contribution >= 0.6 is 0 Å². The van der Waals surface area contributed by atoms with E-state index in [0.29, 0.717) is 11.5 Å². The van der Waals surface area contributed by atoms with E-state index in [1.165, 1.54) is 57.1 Å². The third kappa shape index (κ3) is 7.25. The Morgan fingerprint density at radius 3 is 1.87 bits per heavy atom. The molecule has 1 nitrogen and oxygen atoms in total. The van der Waals surface area contributed by atoms with Crippen LogP contribution in [0.4, 0.5) is 17.6 Å². The van der Waals surface area contributed by atoms with Gasteiger partial charge in [-0.25, -0.2) is 8.78 Å². The van der Waals surface area contributed by atoms with Gasteiger partial charge >= 0.3 is 6.61 Å². The summed E-state index contributed by atoms with van der Waals surface area (Å²) in [5.41, 5.74) is 0.561. The number of halogens is 4. The van der Waals surface area contributed by atoms with Crippen molar-refractivity contribution >= 4 is 0 Å². The number of benzene rings is 1. The molecule has 174 valence electrons. The van der Waals surface area contributed by atoms with E-state index in [1.54, 1.807) is 0 Å². The van der Waals surface area contributed by atoms with Crippen molar-refractivity contribution < 1.29 is 22.3 Å². The molecule has 1 aromatic carbocycles. The number of hydrogen-bond acceptors (Lipinski definition) is 1. The Morgan fingerprint density at radius 1 is 0.839 bits per heavy atom. The molecule has 0 aliphatic heterocycles. The van der Waals surface area contributed by atoms with Gasteiger partial charge in [-0.1, -0.05) is 44.8 Å². The molecule has 0 heterocycles. The van der Waals surface area contributed by atoms with Crippen molar-refractivity contribution in [1.29, 1.82) is 0 Å². The normalized spacial score (nSPS) is 27.2. The maximum atomic E-state index is 14.0. The van der Waals surface area contributed by atoms with E-state index in [4.69, 9.17) is 0 Å². The highest BCUT2D eigenvalue weighted by atomic mass is 19.3. The van der Waals surface area contributed by atoms with Crippen LogP contribution in [0.3, 0.4) is 0 Å². The zero-order valence-electron chi connectivity index (χ0n) is 18.6. The molecule has 0 N–H and O–H groups in total. The van der Waals surface area contributed by atoms with Crippen LogP contribution in [0, 0.1) is 29.4 Å². The molecule has 3 rings (SSSR count). The van der Waals surface area contributed by atoms with Crippen molar-refractivity contribution in [3.8, 4) is 5.75 Å². The van der Waals surface area contributed by atoms with Gasteiger partial charge < -0.3 is 4.74 Å². The summed E-state index contributed by atoms with van der Waals surface area (Å²) in [6.45, 7) is -1.06. The lowest BCUT2D eigenvalue weighted by Crippen LogP contribution is -2.18. The molecule has 0 radical (unpaired) electrons. The molecule has 31 heavy (non-hydrogen) atoms. The second-order valence-corrected chi connectivity index (χ2v) is 9.49. The van der Waals surface area contributed by atoms with Crippen LogP contribution in [0.1, 0.15) is 95.5 Å². The second-order valence-electron chi connectivity index (χ2n) is 9.49. The van der Waals surface area contributed by atoms with Crippen LogP contribution in [0.5, 0.6) is 5.75 Å². The van der Waals surface area contributed by atoms with Crippen molar-refractivity contribution in [1.82, 2.24) is 0 Å². The fourth-order valence-electron chi connectivity index (χ4n) is 5.48. The van der Waals surface area contributed by atoms with Crippen molar-refractivity contribution in [2.24, 2.45) is 17.8 Å². The first kappa shape index (κ1) is 24.1. The monoisotopic (exact) mass is 440 g/mol. The zero-order chi connectivity index (χ0) is 22.2. The van der Waals surface area contributed by atoms with E-state index in [1.807, 2.05) is 0 Å². The molecule has 2 aliphatic rings. The number of alkyl halides is 2. The second kappa shape index (κ2) is 11.9. The molecule has 0 bridgehead atoms. The van der Waals surface area contributed by atoms with Crippen molar-refractivity contribution in [3.63, 3.8) is 0 Å². The summed E-state index contributed by atoms with van der Waals surface area (Å²) in [5, 5.41) is 0. The van der Waals surface area contributed by atoms with Crippen molar-refractivity contribution in [3.05, 3.63) is 41.5 Å². The molecule has 2 aliphatic carbocycles. The van der Waals surface area contributed by atoms with Crippen LogP contribution in [0.15, 0.2) is 24.3 Å². The molecule has 0 saturated heterocycles. The number of hydrogen-bond donors (Lipinski definition) is 0. The van der Waals surface area contributed by atoms with E-state index in [0.717, 1.165) is 43.9 Å². The molecule has 0 unspecified atom stereocenters. The van der Waals surface area contributed by atoms with Gasteiger partial charge in [0.2, 0.25) is 0 Å². The summed E-state index contributed by atoms with van der Waals surface area (Å²) < 4.78 is 56.7. The molecule has 0 atom stereocenters. The lowest BCUT2D eigenvalue weighted by atomic mass is 9.74. The van der Waals surface area contributed by atoms with Gasteiger partial charge in [0.15, 0.2) is 17.4 Å². The van der Waals surface area contributed by atoms with Crippen LogP contribution < -0.4 is 4.74 Å². The van der Waals surface area contributed by atoms with E-state index < -0.39 is 24.0 Å². The minimum Gasteiger partial charge on any atom is -0.429 e. The van der Waals surface area contributed by atoms with E-state index >= 15 is 0 Å². The van der Waals surface area contributed by atoms with Gasteiger partial charge in [-0.2, -0.15) is 8.78 Å². The number of allylic oxidation sites excluding steroid dienone is 2. The quantitative estimate of drug-likeness (QED) is 0.275. The van der Waals surface area contributed by atoms with Crippen LogP contribution in [-0.4, -0.2) is 6.61 Å². The first-order valence-corrected chi connectivity index (χ1v) is 12.0. The maximum absolute atomic E-state index is 14.0. The first-order chi connectivity index (χ1) is 15.0. The molecule has 0 amide bonds. The Balaban J connectivity index is 1.40. The summed E-state index contributed by atoms with van der Waals surface area (Å²) in [4.78, 5) is 0. The van der Waals surface area contributed by atoms with E-state index in [-0.39, 0.29) is 5.92 Å². The fourth-order valence-corrected chi connectivity index (χ4v) is 5.48. The number of ether oxygens (including phenoxy) is 1. The van der Waals surface area contributed by atoms with Crippen LogP contribution in [0.2, 0.25) is 0 Å². The average Bonchev–Trinajstić information content (AvgIpc) is 2.76.